The number of carboxylic acids is 1. The Labute approximate surface area is 148 Å². The van der Waals surface area contributed by atoms with Gasteiger partial charge in [-0.25, -0.2) is 4.79 Å². The van der Waals surface area contributed by atoms with Gasteiger partial charge in [0.1, 0.15) is 18.3 Å². The van der Waals surface area contributed by atoms with Gasteiger partial charge < -0.3 is 35.5 Å². The predicted molar refractivity (Wildman–Crippen MR) is 89.1 cm³/mol. The van der Waals surface area contributed by atoms with E-state index in [4.69, 9.17) is 9.84 Å². The number of fused-ring (bicyclic) bond motifs is 1. The van der Waals surface area contributed by atoms with Crippen LogP contribution in [0, 0.1) is 0 Å². The number of ether oxygens (including phenoxy) is 1. The summed E-state index contributed by atoms with van der Waals surface area (Å²) in [4.78, 5) is 26.3. The molecule has 2 aromatic rings. The van der Waals surface area contributed by atoms with Gasteiger partial charge in [0.25, 0.3) is 0 Å². The number of para-hydroxylation sites is 1. The molecule has 5 atom stereocenters. The monoisotopic (exact) mass is 364 g/mol. The zero-order valence-corrected chi connectivity index (χ0v) is 13.7. The van der Waals surface area contributed by atoms with Crippen molar-refractivity contribution in [2.24, 2.45) is 0 Å². The number of aliphatic carboxylic acids is 1. The van der Waals surface area contributed by atoms with E-state index in [9.17, 15) is 24.9 Å². The highest BCUT2D eigenvalue weighted by molar-refractivity contribution is 5.84. The SMILES string of the molecule is O=C(CCc1c[nH]c2ccccc12)N[C@@H]1OC(C(=O)O)C(O)C(O)C1O. The molecule has 0 bridgehead atoms. The van der Waals surface area contributed by atoms with Gasteiger partial charge in [-0.05, 0) is 18.1 Å². The van der Waals surface area contributed by atoms with E-state index in [2.05, 4.69) is 10.3 Å². The molecule has 0 radical (unpaired) electrons. The maximum absolute atomic E-state index is 12.1. The fourth-order valence-electron chi connectivity index (χ4n) is 3.02. The average Bonchev–Trinajstić information content (AvgIpc) is 3.03. The number of aliphatic hydroxyl groups is 3. The number of carboxylic acid groups (broad SMARTS) is 1. The van der Waals surface area contributed by atoms with Gasteiger partial charge in [-0.1, -0.05) is 18.2 Å². The Hall–Kier alpha value is -2.46. The smallest absolute Gasteiger partial charge is 0.335 e. The van der Waals surface area contributed by atoms with Crippen molar-refractivity contribution >= 4 is 22.8 Å². The van der Waals surface area contributed by atoms with Crippen molar-refractivity contribution in [2.45, 2.75) is 43.5 Å². The van der Waals surface area contributed by atoms with Crippen LogP contribution in [0.3, 0.4) is 0 Å². The van der Waals surface area contributed by atoms with E-state index >= 15 is 0 Å². The van der Waals surface area contributed by atoms with Crippen LogP contribution >= 0.6 is 0 Å². The zero-order chi connectivity index (χ0) is 18.8. The Morgan fingerprint density at radius 2 is 1.85 bits per heavy atom. The third-order valence-electron chi connectivity index (χ3n) is 4.46. The van der Waals surface area contributed by atoms with Crippen LogP contribution in [0.2, 0.25) is 0 Å². The van der Waals surface area contributed by atoms with E-state index in [1.807, 2.05) is 30.5 Å². The maximum atomic E-state index is 12.1. The van der Waals surface area contributed by atoms with Crippen molar-refractivity contribution in [1.29, 1.82) is 0 Å². The van der Waals surface area contributed by atoms with Gasteiger partial charge in [-0.2, -0.15) is 0 Å². The number of rotatable bonds is 5. The molecule has 1 amide bonds. The molecule has 1 aliphatic heterocycles. The van der Waals surface area contributed by atoms with Crippen LogP contribution in [0.4, 0.5) is 0 Å². The Morgan fingerprint density at radius 1 is 1.12 bits per heavy atom. The molecule has 2 heterocycles. The largest absolute Gasteiger partial charge is 0.479 e. The summed E-state index contributed by atoms with van der Waals surface area (Å²) in [7, 11) is 0. The lowest BCUT2D eigenvalue weighted by molar-refractivity contribution is -0.233. The first-order valence-electron chi connectivity index (χ1n) is 8.15. The predicted octanol–water partition coefficient (Wildman–Crippen LogP) is -0.891. The summed E-state index contributed by atoms with van der Waals surface area (Å²) in [6, 6.07) is 7.65. The number of hydrogen-bond acceptors (Lipinski definition) is 6. The summed E-state index contributed by atoms with van der Waals surface area (Å²) in [5, 5.41) is 41.6. The topological polar surface area (TPSA) is 152 Å². The van der Waals surface area contributed by atoms with Crippen LogP contribution in [0.15, 0.2) is 30.5 Å². The number of nitrogens with one attached hydrogen (secondary N) is 2. The molecule has 3 rings (SSSR count). The second-order valence-corrected chi connectivity index (χ2v) is 6.21. The van der Waals surface area contributed by atoms with Crippen molar-refractivity contribution in [3.8, 4) is 0 Å². The summed E-state index contributed by atoms with van der Waals surface area (Å²) in [5.41, 5.74) is 1.90. The lowest BCUT2D eigenvalue weighted by Gasteiger charge is -2.38. The molecular formula is C17H20N2O7. The first-order chi connectivity index (χ1) is 12.4. The molecule has 6 N–H and O–H groups in total. The third-order valence-corrected chi connectivity index (χ3v) is 4.46. The number of amides is 1. The summed E-state index contributed by atoms with van der Waals surface area (Å²) < 4.78 is 5.02. The first-order valence-corrected chi connectivity index (χ1v) is 8.15. The Morgan fingerprint density at radius 3 is 2.58 bits per heavy atom. The lowest BCUT2D eigenvalue weighted by atomic mass is 9.98. The highest BCUT2D eigenvalue weighted by Crippen LogP contribution is 2.21. The summed E-state index contributed by atoms with van der Waals surface area (Å²) in [6.07, 6.45) is -6.04. The third kappa shape index (κ3) is 3.56. The fourth-order valence-corrected chi connectivity index (χ4v) is 3.02. The molecule has 1 aromatic carbocycles. The van der Waals surface area contributed by atoms with Crippen LogP contribution in [-0.2, 0) is 20.7 Å². The molecule has 4 unspecified atom stereocenters. The summed E-state index contributed by atoms with van der Waals surface area (Å²) in [6.45, 7) is 0. The second-order valence-electron chi connectivity index (χ2n) is 6.21. The standard InChI is InChI=1S/C17H20N2O7/c20-11(6-5-8-7-18-10-4-2-1-3-9(8)10)19-16-14(23)12(21)13(22)15(26-16)17(24)25/h1-4,7,12-16,18,21-23H,5-6H2,(H,19,20)(H,24,25)/t12?,13?,14?,15?,16-/m1/s1. The first kappa shape index (κ1) is 18.3. The molecule has 1 fully saturated rings. The highest BCUT2D eigenvalue weighted by atomic mass is 16.6. The van der Waals surface area contributed by atoms with Crippen molar-refractivity contribution in [3.05, 3.63) is 36.0 Å². The minimum atomic E-state index is -1.79. The van der Waals surface area contributed by atoms with E-state index in [0.29, 0.717) is 6.42 Å². The number of H-pyrrole nitrogens is 1. The van der Waals surface area contributed by atoms with Crippen molar-refractivity contribution in [3.63, 3.8) is 0 Å². The Kier molecular flexibility index (Phi) is 5.23. The Balaban J connectivity index is 1.61. The van der Waals surface area contributed by atoms with E-state index < -0.39 is 42.5 Å². The van der Waals surface area contributed by atoms with Crippen LogP contribution in [0.5, 0.6) is 0 Å². The van der Waals surface area contributed by atoms with E-state index in [1.54, 1.807) is 0 Å². The Bertz CT molecular complexity index is 805. The molecule has 0 saturated carbocycles. The number of benzene rings is 1. The number of aliphatic hydroxyl groups excluding tert-OH is 3. The molecule has 0 aliphatic carbocycles. The zero-order valence-electron chi connectivity index (χ0n) is 13.7. The molecule has 0 spiro atoms. The number of aromatic amines is 1. The number of carbonyl (C=O) groups excluding carboxylic acids is 1. The summed E-state index contributed by atoms with van der Waals surface area (Å²) >= 11 is 0. The van der Waals surface area contributed by atoms with Crippen molar-refractivity contribution < 1.29 is 34.8 Å². The van der Waals surface area contributed by atoms with Gasteiger partial charge in [0.2, 0.25) is 5.91 Å². The van der Waals surface area contributed by atoms with Crippen molar-refractivity contribution in [2.75, 3.05) is 0 Å². The minimum Gasteiger partial charge on any atom is -0.479 e. The molecule has 1 saturated heterocycles. The second kappa shape index (κ2) is 7.42. The fraction of sp³-hybridized carbons (Fsp3) is 0.412. The molecular weight excluding hydrogens is 344 g/mol. The number of carbonyl (C=O) groups is 2. The normalized spacial score (nSPS) is 28.8. The minimum absolute atomic E-state index is 0.0742. The van der Waals surface area contributed by atoms with Crippen molar-refractivity contribution in [1.82, 2.24) is 10.3 Å². The van der Waals surface area contributed by atoms with E-state index in [1.165, 1.54) is 0 Å². The number of aryl methyl sites for hydroxylation is 1. The van der Waals surface area contributed by atoms with Gasteiger partial charge in [-0.3, -0.25) is 4.79 Å². The molecule has 1 aromatic heterocycles. The number of hydrogen-bond donors (Lipinski definition) is 6. The lowest BCUT2D eigenvalue weighted by Crippen LogP contribution is -2.64. The van der Waals surface area contributed by atoms with Crippen LogP contribution in [0.25, 0.3) is 10.9 Å². The van der Waals surface area contributed by atoms with Gasteiger partial charge >= 0.3 is 5.97 Å². The van der Waals surface area contributed by atoms with E-state index in [-0.39, 0.29) is 6.42 Å². The average molecular weight is 364 g/mol. The van der Waals surface area contributed by atoms with E-state index in [0.717, 1.165) is 16.5 Å². The highest BCUT2D eigenvalue weighted by Gasteiger charge is 2.47. The molecule has 140 valence electrons. The molecule has 9 nitrogen and oxygen atoms in total. The van der Waals surface area contributed by atoms with Gasteiger partial charge in [0.05, 0.1) is 0 Å². The summed E-state index contributed by atoms with van der Waals surface area (Å²) in [5.74, 6) is -1.98. The van der Waals surface area contributed by atoms with Crippen LogP contribution in [-0.4, -0.2) is 67.9 Å². The van der Waals surface area contributed by atoms with Gasteiger partial charge in [-0.15, -0.1) is 0 Å². The molecule has 1 aliphatic rings. The molecule has 26 heavy (non-hydrogen) atoms. The molecule has 9 heteroatoms. The maximum Gasteiger partial charge on any atom is 0.335 e. The van der Waals surface area contributed by atoms with Gasteiger partial charge in [0, 0.05) is 23.5 Å². The van der Waals surface area contributed by atoms with Crippen LogP contribution in [0.1, 0.15) is 12.0 Å². The van der Waals surface area contributed by atoms with Gasteiger partial charge in [0.15, 0.2) is 12.3 Å². The number of aromatic nitrogens is 1. The quantitative estimate of drug-likeness (QED) is 0.402. The van der Waals surface area contributed by atoms with Crippen LogP contribution < -0.4 is 5.32 Å².